The first kappa shape index (κ1) is 19.0. The van der Waals surface area contributed by atoms with Crippen molar-refractivity contribution in [3.8, 4) is 10.6 Å². The number of ether oxygens (including phenoxy) is 3. The van der Waals surface area contributed by atoms with Crippen molar-refractivity contribution < 1.29 is 19.0 Å². The van der Waals surface area contributed by atoms with Crippen LogP contribution in [0.25, 0.3) is 10.6 Å². The summed E-state index contributed by atoms with van der Waals surface area (Å²) in [6.07, 6.45) is 14.7. The average molecular weight is 408 g/mol. The number of nitrogens with one attached hydrogen (secondary N) is 1. The Morgan fingerprint density at radius 2 is 2.21 bits per heavy atom. The zero-order valence-corrected chi connectivity index (χ0v) is 16.6. The highest BCUT2D eigenvalue weighted by Gasteiger charge is 2.23. The van der Waals surface area contributed by atoms with Gasteiger partial charge in [-0.1, -0.05) is 18.2 Å². The topological polar surface area (TPSA) is 69.7 Å². The minimum absolute atomic E-state index is 0.148. The smallest absolute Gasteiger partial charge is 0.348 e. The van der Waals surface area contributed by atoms with E-state index >= 15 is 0 Å². The van der Waals surface area contributed by atoms with Crippen molar-refractivity contribution in [1.29, 1.82) is 0 Å². The van der Waals surface area contributed by atoms with Crippen molar-refractivity contribution in [3.63, 3.8) is 0 Å². The van der Waals surface area contributed by atoms with Crippen LogP contribution >= 0.6 is 11.3 Å². The molecule has 7 heteroatoms. The van der Waals surface area contributed by atoms with Gasteiger partial charge < -0.3 is 19.5 Å². The number of allylic oxidation sites excluding steroid dienone is 3. The number of anilines is 1. The molecule has 29 heavy (non-hydrogen) atoms. The maximum atomic E-state index is 11.6. The fourth-order valence-corrected chi connectivity index (χ4v) is 4.00. The Morgan fingerprint density at radius 3 is 2.90 bits per heavy atom. The summed E-state index contributed by atoms with van der Waals surface area (Å²) in [5.74, 6) is 0.355. The van der Waals surface area contributed by atoms with E-state index in [1.54, 1.807) is 18.5 Å². The molecule has 0 fully saturated rings. The molecule has 1 aliphatic heterocycles. The van der Waals surface area contributed by atoms with E-state index in [-0.39, 0.29) is 12.0 Å². The van der Waals surface area contributed by atoms with Crippen LogP contribution in [0.3, 0.4) is 0 Å². The molecule has 1 unspecified atom stereocenters. The summed E-state index contributed by atoms with van der Waals surface area (Å²) in [5.41, 5.74) is 2.87. The number of methoxy groups -OCH3 is 1. The molecule has 0 saturated heterocycles. The minimum Gasteiger partial charge on any atom is -0.466 e. The maximum Gasteiger partial charge on any atom is 0.348 e. The number of hydrogen-bond acceptors (Lipinski definition) is 7. The molecule has 4 rings (SSSR count). The first-order chi connectivity index (χ1) is 14.2. The van der Waals surface area contributed by atoms with Crippen molar-refractivity contribution in [2.75, 3.05) is 12.4 Å². The monoisotopic (exact) mass is 408 g/mol. The van der Waals surface area contributed by atoms with Crippen LogP contribution in [0.1, 0.15) is 22.5 Å². The van der Waals surface area contributed by atoms with E-state index in [0.717, 1.165) is 29.1 Å². The molecule has 0 spiro atoms. The molecule has 0 saturated carbocycles. The summed E-state index contributed by atoms with van der Waals surface area (Å²) in [5, 5.41) is 3.49. The number of rotatable bonds is 6. The number of thiophene rings is 1. The molecule has 1 atom stereocenters. The summed E-state index contributed by atoms with van der Waals surface area (Å²) < 4.78 is 15.7. The van der Waals surface area contributed by atoms with E-state index in [2.05, 4.69) is 28.5 Å². The van der Waals surface area contributed by atoms with Crippen LogP contribution < -0.4 is 5.32 Å². The average Bonchev–Trinajstić information content (AvgIpc) is 3.29. The Morgan fingerprint density at radius 1 is 1.28 bits per heavy atom. The van der Waals surface area contributed by atoms with Crippen LogP contribution in [0.4, 0.5) is 5.69 Å². The van der Waals surface area contributed by atoms with Crippen LogP contribution in [-0.4, -0.2) is 24.1 Å². The van der Waals surface area contributed by atoms with E-state index in [1.165, 1.54) is 36.5 Å². The predicted molar refractivity (Wildman–Crippen MR) is 112 cm³/mol. The Hall–Kier alpha value is -3.32. The highest BCUT2D eigenvalue weighted by atomic mass is 32.1. The van der Waals surface area contributed by atoms with Gasteiger partial charge in [0.05, 0.1) is 29.6 Å². The molecule has 3 heterocycles. The van der Waals surface area contributed by atoms with Gasteiger partial charge in [-0.3, -0.25) is 4.98 Å². The lowest BCUT2D eigenvalue weighted by atomic mass is 9.96. The number of hydrogen-bond donors (Lipinski definition) is 1. The predicted octanol–water partition coefficient (Wildman–Crippen LogP) is 5.01. The molecule has 1 N–H and O–H groups in total. The molecule has 2 aromatic heterocycles. The number of carbonyl (C=O) groups is 1. The van der Waals surface area contributed by atoms with Gasteiger partial charge in [0.2, 0.25) is 0 Å². The van der Waals surface area contributed by atoms with E-state index in [0.29, 0.717) is 10.6 Å². The van der Waals surface area contributed by atoms with Crippen LogP contribution in [0.15, 0.2) is 78.8 Å². The van der Waals surface area contributed by atoms with Gasteiger partial charge in [0.1, 0.15) is 29.7 Å². The largest absolute Gasteiger partial charge is 0.466 e. The van der Waals surface area contributed by atoms with E-state index in [1.807, 2.05) is 18.2 Å². The summed E-state index contributed by atoms with van der Waals surface area (Å²) in [7, 11) is 1.38. The number of aromatic nitrogens is 1. The number of carbonyl (C=O) groups excluding carboxylic acids is 1. The Kier molecular flexibility index (Phi) is 5.76. The number of nitrogens with zero attached hydrogens (tertiary/aromatic N) is 1. The lowest BCUT2D eigenvalue weighted by Crippen LogP contribution is -2.27. The lowest BCUT2D eigenvalue weighted by Gasteiger charge is -2.26. The van der Waals surface area contributed by atoms with E-state index < -0.39 is 0 Å². The second-order valence-electron chi connectivity index (χ2n) is 6.42. The van der Waals surface area contributed by atoms with Gasteiger partial charge in [-0.25, -0.2) is 4.79 Å². The molecule has 0 radical (unpaired) electrons. The Bertz CT molecular complexity index is 1000. The van der Waals surface area contributed by atoms with Crippen molar-refractivity contribution in [2.45, 2.75) is 18.9 Å². The van der Waals surface area contributed by atoms with Crippen molar-refractivity contribution in [2.24, 2.45) is 0 Å². The van der Waals surface area contributed by atoms with Crippen LogP contribution in [0.2, 0.25) is 0 Å². The van der Waals surface area contributed by atoms with Gasteiger partial charge in [-0.15, -0.1) is 11.3 Å². The first-order valence-electron chi connectivity index (χ1n) is 9.18. The Labute approximate surface area is 172 Å². The molecular weight excluding hydrogens is 388 g/mol. The SMILES string of the molecule is COC(=O)c1ccc(-c2ccc(NC(C3=CC=CCC3)C3=COC=CO3)cn2)s1. The van der Waals surface area contributed by atoms with Gasteiger partial charge >= 0.3 is 5.97 Å². The summed E-state index contributed by atoms with van der Waals surface area (Å²) in [6.45, 7) is 0. The fourth-order valence-electron chi connectivity index (χ4n) is 3.09. The van der Waals surface area contributed by atoms with Gasteiger partial charge in [0, 0.05) is 0 Å². The van der Waals surface area contributed by atoms with Gasteiger partial charge in [-0.2, -0.15) is 0 Å². The van der Waals surface area contributed by atoms with Gasteiger partial charge in [0.15, 0.2) is 5.76 Å². The second-order valence-corrected chi connectivity index (χ2v) is 7.50. The third kappa shape index (κ3) is 4.41. The third-order valence-corrected chi connectivity index (χ3v) is 5.63. The first-order valence-corrected chi connectivity index (χ1v) is 10.00. The standard InChI is InChI=1S/C22H20N2O4S/c1-26-22(25)20-10-9-19(29-20)17-8-7-16(13-23-17)24-21(15-5-3-2-4-6-15)18-14-27-11-12-28-18/h2-3,5,7-14,21,24H,4,6H2,1H3. The molecular formula is C22H20N2O4S. The van der Waals surface area contributed by atoms with Crippen molar-refractivity contribution in [3.05, 3.63) is 83.7 Å². The zero-order valence-electron chi connectivity index (χ0n) is 15.8. The molecule has 148 valence electrons. The quantitative estimate of drug-likeness (QED) is 0.678. The van der Waals surface area contributed by atoms with Crippen molar-refractivity contribution >= 4 is 23.0 Å². The minimum atomic E-state index is -0.339. The van der Waals surface area contributed by atoms with Gasteiger partial charge in [-0.05, 0) is 42.7 Å². The van der Waals surface area contributed by atoms with E-state index in [4.69, 9.17) is 14.2 Å². The van der Waals surface area contributed by atoms with Crippen LogP contribution in [-0.2, 0) is 14.2 Å². The summed E-state index contributed by atoms with van der Waals surface area (Å²) in [4.78, 5) is 17.7. The highest BCUT2D eigenvalue weighted by molar-refractivity contribution is 7.17. The van der Waals surface area contributed by atoms with Crippen LogP contribution in [0.5, 0.6) is 0 Å². The molecule has 0 aromatic carbocycles. The molecule has 0 bridgehead atoms. The summed E-state index contributed by atoms with van der Waals surface area (Å²) in [6, 6.07) is 7.36. The number of esters is 1. The third-order valence-electron chi connectivity index (χ3n) is 4.54. The molecule has 6 nitrogen and oxygen atoms in total. The van der Waals surface area contributed by atoms with E-state index in [9.17, 15) is 4.79 Å². The summed E-state index contributed by atoms with van der Waals surface area (Å²) >= 11 is 1.36. The molecule has 2 aliphatic rings. The zero-order chi connectivity index (χ0) is 20.1. The van der Waals surface area contributed by atoms with Crippen LogP contribution in [0, 0.1) is 0 Å². The van der Waals surface area contributed by atoms with Gasteiger partial charge in [0.25, 0.3) is 0 Å². The van der Waals surface area contributed by atoms with Crippen molar-refractivity contribution in [1.82, 2.24) is 4.98 Å². The maximum absolute atomic E-state index is 11.6. The second kappa shape index (κ2) is 8.79. The molecule has 2 aromatic rings. The normalized spacial score (nSPS) is 16.2. The highest BCUT2D eigenvalue weighted by Crippen LogP contribution is 2.29. The molecule has 0 amide bonds. The fraction of sp³-hybridized carbons (Fsp3) is 0.182. The Balaban J connectivity index is 1.53. The number of pyridine rings is 1. The molecule has 1 aliphatic carbocycles. The lowest BCUT2D eigenvalue weighted by molar-refractivity contribution is 0.0606.